The van der Waals surface area contributed by atoms with Gasteiger partial charge < -0.3 is 9.88 Å². The molecule has 1 rings (SSSR count). The van der Waals surface area contributed by atoms with Crippen LogP contribution in [0, 0.1) is 0 Å². The predicted molar refractivity (Wildman–Crippen MR) is 61.8 cm³/mol. The van der Waals surface area contributed by atoms with Crippen molar-refractivity contribution in [1.29, 1.82) is 0 Å². The maximum atomic E-state index is 11.4. The van der Waals surface area contributed by atoms with Crippen molar-refractivity contribution < 1.29 is 4.79 Å². The number of unbranched alkanes of at least 4 members (excludes halogenated alkanes) is 1. The lowest BCUT2D eigenvalue weighted by atomic mass is 10.2. The van der Waals surface area contributed by atoms with Crippen molar-refractivity contribution in [3.05, 3.63) is 24.0 Å². The number of rotatable bonds is 6. The molecule has 1 aromatic rings. The third kappa shape index (κ3) is 4.38. The first-order chi connectivity index (χ1) is 7.24. The van der Waals surface area contributed by atoms with Crippen molar-refractivity contribution in [3.63, 3.8) is 0 Å². The molecule has 0 fully saturated rings. The average Bonchev–Trinajstić information content (AvgIpc) is 2.61. The molecule has 0 spiro atoms. The first-order valence-electron chi connectivity index (χ1n) is 5.17. The van der Waals surface area contributed by atoms with Gasteiger partial charge in [-0.2, -0.15) is 0 Å². The minimum absolute atomic E-state index is 0.0984. The maximum absolute atomic E-state index is 11.4. The normalized spacial score (nSPS) is 10.3. The number of aromatic nitrogens is 1. The summed E-state index contributed by atoms with van der Waals surface area (Å²) in [5.74, 6) is 0.728. The number of aryl methyl sites for hydroxylation is 1. The van der Waals surface area contributed by atoms with Gasteiger partial charge in [0.2, 0.25) is 5.91 Å². The molecular weight excluding hydrogens is 212 g/mol. The largest absolute Gasteiger partial charge is 0.353 e. The molecule has 0 radical (unpaired) electrons. The van der Waals surface area contributed by atoms with Crippen molar-refractivity contribution in [2.24, 2.45) is 7.05 Å². The number of carbonyl (C=O) groups excluding carboxylic acids is 1. The van der Waals surface area contributed by atoms with Crippen molar-refractivity contribution in [2.45, 2.75) is 25.8 Å². The topological polar surface area (TPSA) is 34.0 Å². The van der Waals surface area contributed by atoms with E-state index in [1.165, 1.54) is 0 Å². The second-order valence-electron chi connectivity index (χ2n) is 3.53. The summed E-state index contributed by atoms with van der Waals surface area (Å²) in [4.78, 5) is 11.4. The zero-order chi connectivity index (χ0) is 11.1. The highest BCUT2D eigenvalue weighted by Gasteiger charge is 2.02. The number of alkyl halides is 1. The zero-order valence-corrected chi connectivity index (χ0v) is 9.76. The zero-order valence-electron chi connectivity index (χ0n) is 9.00. The number of hydrogen-bond acceptors (Lipinski definition) is 1. The van der Waals surface area contributed by atoms with Crippen LogP contribution in [0.3, 0.4) is 0 Å². The van der Waals surface area contributed by atoms with E-state index in [1.807, 2.05) is 29.9 Å². The monoisotopic (exact) mass is 228 g/mol. The molecule has 0 unspecified atom stereocenters. The Hall–Kier alpha value is -0.960. The lowest BCUT2D eigenvalue weighted by Gasteiger charge is -2.05. The van der Waals surface area contributed by atoms with Crippen molar-refractivity contribution in [2.75, 3.05) is 5.88 Å². The SMILES string of the molecule is Cn1cccc1CNC(=O)CCCCCl. The van der Waals surface area contributed by atoms with Crippen LogP contribution in [0.25, 0.3) is 0 Å². The Morgan fingerprint density at radius 3 is 2.93 bits per heavy atom. The molecule has 0 saturated carbocycles. The Morgan fingerprint density at radius 2 is 2.33 bits per heavy atom. The Balaban J connectivity index is 2.20. The van der Waals surface area contributed by atoms with Crippen LogP contribution < -0.4 is 5.32 Å². The summed E-state index contributed by atoms with van der Waals surface area (Å²) < 4.78 is 2.00. The van der Waals surface area contributed by atoms with Crippen LogP contribution in [-0.2, 0) is 18.4 Å². The Labute approximate surface area is 95.4 Å². The number of nitrogens with one attached hydrogen (secondary N) is 1. The van der Waals surface area contributed by atoms with Gasteiger partial charge in [-0.15, -0.1) is 11.6 Å². The van der Waals surface area contributed by atoms with Gasteiger partial charge in [0, 0.05) is 31.2 Å². The number of hydrogen-bond donors (Lipinski definition) is 1. The lowest BCUT2D eigenvalue weighted by Crippen LogP contribution is -2.23. The third-order valence-corrected chi connectivity index (χ3v) is 2.57. The van der Waals surface area contributed by atoms with Crippen LogP contribution in [-0.4, -0.2) is 16.4 Å². The van der Waals surface area contributed by atoms with Gasteiger partial charge in [-0.3, -0.25) is 4.79 Å². The van der Waals surface area contributed by atoms with E-state index in [-0.39, 0.29) is 5.91 Å². The van der Waals surface area contributed by atoms with Crippen LogP contribution in [0.2, 0.25) is 0 Å². The van der Waals surface area contributed by atoms with Crippen LogP contribution in [0.15, 0.2) is 18.3 Å². The molecule has 1 aromatic heterocycles. The molecule has 1 amide bonds. The first kappa shape index (κ1) is 12.1. The molecule has 0 aliphatic rings. The van der Waals surface area contributed by atoms with Crippen LogP contribution >= 0.6 is 11.6 Å². The number of halogens is 1. The van der Waals surface area contributed by atoms with Gasteiger partial charge in [0.25, 0.3) is 0 Å². The molecule has 0 atom stereocenters. The van der Waals surface area contributed by atoms with Crippen LogP contribution in [0.1, 0.15) is 25.0 Å². The van der Waals surface area contributed by atoms with Crippen LogP contribution in [0.4, 0.5) is 0 Å². The second kappa shape index (κ2) is 6.51. The van der Waals surface area contributed by atoms with Gasteiger partial charge in [0.05, 0.1) is 6.54 Å². The molecule has 0 aromatic carbocycles. The van der Waals surface area contributed by atoms with E-state index < -0.39 is 0 Å². The van der Waals surface area contributed by atoms with E-state index in [1.54, 1.807) is 0 Å². The third-order valence-electron chi connectivity index (χ3n) is 2.31. The fourth-order valence-electron chi connectivity index (χ4n) is 1.34. The quantitative estimate of drug-likeness (QED) is 0.587. The molecule has 0 bridgehead atoms. The summed E-state index contributed by atoms with van der Waals surface area (Å²) >= 11 is 5.53. The average molecular weight is 229 g/mol. The fraction of sp³-hybridized carbons (Fsp3) is 0.545. The van der Waals surface area contributed by atoms with Crippen molar-refractivity contribution in [1.82, 2.24) is 9.88 Å². The van der Waals surface area contributed by atoms with E-state index >= 15 is 0 Å². The minimum Gasteiger partial charge on any atom is -0.353 e. The molecule has 1 N–H and O–H groups in total. The molecule has 0 saturated heterocycles. The fourth-order valence-corrected chi connectivity index (χ4v) is 1.53. The molecule has 4 heteroatoms. The summed E-state index contributed by atoms with van der Waals surface area (Å²) in [5, 5.41) is 2.88. The Morgan fingerprint density at radius 1 is 1.53 bits per heavy atom. The van der Waals surface area contributed by atoms with Crippen molar-refractivity contribution >= 4 is 17.5 Å². The minimum atomic E-state index is 0.0984. The standard InChI is InChI=1S/C11H17ClN2O/c1-14-8-4-5-10(14)9-13-11(15)6-2-3-7-12/h4-5,8H,2-3,6-7,9H2,1H3,(H,13,15). The van der Waals surface area contributed by atoms with Gasteiger partial charge >= 0.3 is 0 Å². The highest BCUT2D eigenvalue weighted by molar-refractivity contribution is 6.17. The first-order valence-corrected chi connectivity index (χ1v) is 5.70. The molecule has 0 aliphatic heterocycles. The summed E-state index contributed by atoms with van der Waals surface area (Å²) in [5.41, 5.74) is 1.11. The lowest BCUT2D eigenvalue weighted by molar-refractivity contribution is -0.121. The summed E-state index contributed by atoms with van der Waals surface area (Å²) in [6.45, 7) is 0.600. The van der Waals surface area contributed by atoms with Gasteiger partial charge in [-0.25, -0.2) is 0 Å². The van der Waals surface area contributed by atoms with E-state index in [0.29, 0.717) is 18.8 Å². The maximum Gasteiger partial charge on any atom is 0.220 e. The number of amides is 1. The highest BCUT2D eigenvalue weighted by Crippen LogP contribution is 2.00. The Kier molecular flexibility index (Phi) is 5.26. The second-order valence-corrected chi connectivity index (χ2v) is 3.91. The summed E-state index contributed by atoms with van der Waals surface area (Å²) in [6.07, 6.45) is 4.30. The molecular formula is C11H17ClN2O. The number of carbonyl (C=O) groups is 1. The van der Waals surface area contributed by atoms with E-state index in [4.69, 9.17) is 11.6 Å². The highest BCUT2D eigenvalue weighted by atomic mass is 35.5. The van der Waals surface area contributed by atoms with Gasteiger partial charge in [-0.05, 0) is 25.0 Å². The van der Waals surface area contributed by atoms with Gasteiger partial charge in [0.15, 0.2) is 0 Å². The van der Waals surface area contributed by atoms with Gasteiger partial charge in [0.1, 0.15) is 0 Å². The Bertz CT molecular complexity index is 309. The van der Waals surface area contributed by atoms with E-state index in [0.717, 1.165) is 18.5 Å². The predicted octanol–water partition coefficient (Wildman–Crippen LogP) is 2.05. The van der Waals surface area contributed by atoms with Crippen molar-refractivity contribution in [3.8, 4) is 0 Å². The molecule has 1 heterocycles. The summed E-state index contributed by atoms with van der Waals surface area (Å²) in [6, 6.07) is 3.97. The smallest absolute Gasteiger partial charge is 0.220 e. The van der Waals surface area contributed by atoms with Crippen LogP contribution in [0.5, 0.6) is 0 Å². The summed E-state index contributed by atoms with van der Waals surface area (Å²) in [7, 11) is 1.97. The van der Waals surface area contributed by atoms with Gasteiger partial charge in [-0.1, -0.05) is 0 Å². The van der Waals surface area contributed by atoms with E-state index in [2.05, 4.69) is 5.32 Å². The number of nitrogens with zero attached hydrogens (tertiary/aromatic N) is 1. The molecule has 15 heavy (non-hydrogen) atoms. The van der Waals surface area contributed by atoms with E-state index in [9.17, 15) is 4.79 Å². The molecule has 0 aliphatic carbocycles. The molecule has 84 valence electrons. The molecule has 3 nitrogen and oxygen atoms in total.